The number of rotatable bonds is 6. The molecule has 1 aromatic rings. The highest BCUT2D eigenvalue weighted by Gasteiger charge is 2.08. The highest BCUT2D eigenvalue weighted by Crippen LogP contribution is 2.17. The summed E-state index contributed by atoms with van der Waals surface area (Å²) in [5.74, 6) is -0.235. The van der Waals surface area contributed by atoms with Crippen LogP contribution in [0.4, 0.5) is 5.69 Å². The molecule has 3 nitrogen and oxygen atoms in total. The zero-order valence-electron chi connectivity index (χ0n) is 11.4. The maximum absolute atomic E-state index is 11.3. The Morgan fingerprint density at radius 2 is 1.83 bits per heavy atom. The molecule has 0 aromatic heterocycles. The van der Waals surface area contributed by atoms with Gasteiger partial charge in [-0.25, -0.2) is 0 Å². The molecule has 0 saturated carbocycles. The van der Waals surface area contributed by atoms with Crippen molar-refractivity contribution in [3.05, 3.63) is 29.8 Å². The van der Waals surface area contributed by atoms with Gasteiger partial charge in [0.05, 0.1) is 5.92 Å². The molecule has 100 valence electrons. The molecule has 0 unspecified atom stereocenters. The van der Waals surface area contributed by atoms with Gasteiger partial charge in [-0.2, -0.15) is 0 Å². The Bertz CT molecular complexity index is 374. The summed E-state index contributed by atoms with van der Waals surface area (Å²) in [5, 5.41) is 0.539. The molecular formula is C14H21NO2S. The van der Waals surface area contributed by atoms with Gasteiger partial charge in [0.2, 0.25) is 0 Å². The molecule has 0 fully saturated rings. The van der Waals surface area contributed by atoms with E-state index in [1.165, 1.54) is 0 Å². The van der Waals surface area contributed by atoms with E-state index in [0.717, 1.165) is 11.3 Å². The van der Waals surface area contributed by atoms with Crippen LogP contribution in [0.25, 0.3) is 0 Å². The number of hydrogen-bond donors (Lipinski definition) is 1. The molecule has 4 heteroatoms. The minimum absolute atomic E-state index is 0.0756. The van der Waals surface area contributed by atoms with E-state index in [4.69, 9.17) is 4.74 Å². The van der Waals surface area contributed by atoms with Gasteiger partial charge in [0.1, 0.15) is 6.61 Å². The third-order valence-electron chi connectivity index (χ3n) is 2.22. The Morgan fingerprint density at radius 1 is 1.22 bits per heavy atom. The second-order valence-electron chi connectivity index (χ2n) is 4.73. The van der Waals surface area contributed by atoms with Gasteiger partial charge in [0.15, 0.2) is 0 Å². The molecular weight excluding hydrogens is 246 g/mol. The van der Waals surface area contributed by atoms with Gasteiger partial charge in [-0.1, -0.05) is 39.8 Å². The molecule has 0 aliphatic heterocycles. The Labute approximate surface area is 113 Å². The van der Waals surface area contributed by atoms with Crippen LogP contribution in [0.5, 0.6) is 0 Å². The molecule has 0 amide bonds. The number of carbonyl (C=O) groups excluding carboxylic acids is 1. The second-order valence-corrected chi connectivity index (χ2v) is 6.11. The zero-order valence-corrected chi connectivity index (χ0v) is 12.2. The van der Waals surface area contributed by atoms with Crippen molar-refractivity contribution in [2.24, 2.45) is 5.92 Å². The SMILES string of the molecule is CC(C)SNc1ccc(COC(=O)C(C)C)cc1. The lowest BCUT2D eigenvalue weighted by molar-refractivity contribution is -0.148. The fourth-order valence-corrected chi connectivity index (χ4v) is 1.68. The third kappa shape index (κ3) is 5.45. The van der Waals surface area contributed by atoms with Crippen molar-refractivity contribution in [3.8, 4) is 0 Å². The van der Waals surface area contributed by atoms with Gasteiger partial charge in [0, 0.05) is 10.9 Å². The number of hydrogen-bond acceptors (Lipinski definition) is 4. The molecule has 0 bridgehead atoms. The number of nitrogens with one attached hydrogen (secondary N) is 1. The highest BCUT2D eigenvalue weighted by atomic mass is 32.2. The number of benzene rings is 1. The summed E-state index contributed by atoms with van der Waals surface area (Å²) >= 11 is 1.68. The van der Waals surface area contributed by atoms with E-state index in [9.17, 15) is 4.79 Å². The first-order valence-electron chi connectivity index (χ1n) is 6.16. The first-order chi connectivity index (χ1) is 8.49. The molecule has 18 heavy (non-hydrogen) atoms. The molecule has 0 aliphatic rings. The fourth-order valence-electron chi connectivity index (χ4n) is 1.18. The van der Waals surface area contributed by atoms with Crippen LogP contribution in [0.3, 0.4) is 0 Å². The lowest BCUT2D eigenvalue weighted by Crippen LogP contribution is -2.11. The smallest absolute Gasteiger partial charge is 0.308 e. The van der Waals surface area contributed by atoms with Crippen LogP contribution >= 0.6 is 11.9 Å². The van der Waals surface area contributed by atoms with Gasteiger partial charge < -0.3 is 9.46 Å². The van der Waals surface area contributed by atoms with Crippen LogP contribution in [0.2, 0.25) is 0 Å². The van der Waals surface area contributed by atoms with E-state index >= 15 is 0 Å². The van der Waals surface area contributed by atoms with Crippen LogP contribution in [0.15, 0.2) is 24.3 Å². The monoisotopic (exact) mass is 267 g/mol. The Balaban J connectivity index is 2.43. The Morgan fingerprint density at radius 3 is 2.33 bits per heavy atom. The third-order valence-corrected chi connectivity index (χ3v) is 3.04. The summed E-state index contributed by atoms with van der Waals surface area (Å²) in [6.07, 6.45) is 0. The van der Waals surface area contributed by atoms with Crippen LogP contribution in [0.1, 0.15) is 33.3 Å². The van der Waals surface area contributed by atoms with E-state index in [0.29, 0.717) is 11.9 Å². The average molecular weight is 267 g/mol. The lowest BCUT2D eigenvalue weighted by Gasteiger charge is -2.10. The molecule has 0 radical (unpaired) electrons. The highest BCUT2D eigenvalue weighted by molar-refractivity contribution is 8.01. The first-order valence-corrected chi connectivity index (χ1v) is 7.04. The van der Waals surface area contributed by atoms with E-state index in [1.54, 1.807) is 11.9 Å². The Hall–Kier alpha value is -1.16. The topological polar surface area (TPSA) is 38.3 Å². The summed E-state index contributed by atoms with van der Waals surface area (Å²) in [6, 6.07) is 7.93. The average Bonchev–Trinajstić information content (AvgIpc) is 2.34. The summed E-state index contributed by atoms with van der Waals surface area (Å²) in [4.78, 5) is 11.3. The van der Waals surface area contributed by atoms with Crippen molar-refractivity contribution in [1.29, 1.82) is 0 Å². The van der Waals surface area contributed by atoms with Gasteiger partial charge in [-0.15, -0.1) is 0 Å². The van der Waals surface area contributed by atoms with Crippen molar-refractivity contribution in [3.63, 3.8) is 0 Å². The predicted molar refractivity (Wildman–Crippen MR) is 77.4 cm³/mol. The number of anilines is 1. The normalized spacial score (nSPS) is 10.8. The van der Waals surface area contributed by atoms with Gasteiger partial charge in [-0.05, 0) is 29.6 Å². The fraction of sp³-hybridized carbons (Fsp3) is 0.500. The van der Waals surface area contributed by atoms with Crippen LogP contribution in [-0.4, -0.2) is 11.2 Å². The van der Waals surface area contributed by atoms with E-state index in [2.05, 4.69) is 18.6 Å². The van der Waals surface area contributed by atoms with Gasteiger partial charge >= 0.3 is 5.97 Å². The largest absolute Gasteiger partial charge is 0.461 e. The van der Waals surface area contributed by atoms with E-state index in [-0.39, 0.29) is 11.9 Å². The standard InChI is InChI=1S/C14H21NO2S/c1-10(2)14(16)17-9-12-5-7-13(8-6-12)15-18-11(3)4/h5-8,10-11,15H,9H2,1-4H3. The first kappa shape index (κ1) is 14.9. The number of ether oxygens (including phenoxy) is 1. The summed E-state index contributed by atoms with van der Waals surface area (Å²) in [5.41, 5.74) is 2.07. The molecule has 1 aromatic carbocycles. The van der Waals surface area contributed by atoms with Crippen LogP contribution in [-0.2, 0) is 16.1 Å². The van der Waals surface area contributed by atoms with Crippen LogP contribution in [0, 0.1) is 5.92 Å². The van der Waals surface area contributed by atoms with E-state index in [1.807, 2.05) is 38.1 Å². The zero-order chi connectivity index (χ0) is 13.5. The van der Waals surface area contributed by atoms with Gasteiger partial charge in [0.25, 0.3) is 0 Å². The van der Waals surface area contributed by atoms with E-state index < -0.39 is 0 Å². The molecule has 0 aliphatic carbocycles. The predicted octanol–water partition coefficient (Wildman–Crippen LogP) is 3.85. The van der Waals surface area contributed by atoms with Crippen molar-refractivity contribution < 1.29 is 9.53 Å². The number of esters is 1. The van der Waals surface area contributed by atoms with Crippen molar-refractivity contribution in [2.75, 3.05) is 4.72 Å². The minimum atomic E-state index is -0.160. The summed E-state index contributed by atoms with van der Waals surface area (Å²) in [6.45, 7) is 8.28. The van der Waals surface area contributed by atoms with Crippen molar-refractivity contribution in [2.45, 2.75) is 39.6 Å². The second kappa shape index (κ2) is 7.31. The quantitative estimate of drug-likeness (QED) is 0.627. The van der Waals surface area contributed by atoms with Crippen molar-refractivity contribution in [1.82, 2.24) is 0 Å². The maximum atomic E-state index is 11.3. The lowest BCUT2D eigenvalue weighted by atomic mass is 10.2. The minimum Gasteiger partial charge on any atom is -0.461 e. The molecule has 1 N–H and O–H groups in total. The summed E-state index contributed by atoms with van der Waals surface area (Å²) in [7, 11) is 0. The van der Waals surface area contributed by atoms with Gasteiger partial charge in [-0.3, -0.25) is 4.79 Å². The Kier molecular flexibility index (Phi) is 6.05. The molecule has 0 spiro atoms. The van der Waals surface area contributed by atoms with Crippen LogP contribution < -0.4 is 4.72 Å². The molecule has 1 rings (SSSR count). The maximum Gasteiger partial charge on any atom is 0.308 e. The molecule has 0 saturated heterocycles. The van der Waals surface area contributed by atoms with Crippen molar-refractivity contribution >= 4 is 23.6 Å². The molecule has 0 atom stereocenters. The summed E-state index contributed by atoms with van der Waals surface area (Å²) < 4.78 is 8.43. The number of carbonyl (C=O) groups is 1. The molecule has 0 heterocycles.